The standard InChI is InChI=1S/C43H36N2O.C13H11FN.Ir/c1-27(2)36-25-32(31-23-21-30(22-24-31)29-13-6-5-7-14-29)26-37(28(3)4)41(36)45-39-19-10-9-18-38(39)44-43(45)35-17-12-16-34-33-15-8-11-20-40(33)46-42(34)35;1-9-7-13(15-8-10(9)2)11-3-5-12(14)6-4-11;/h5-16,18-28,43H,1-4H3;3,5-8H,1-2H3;/q-2;-1;+3/i;1D3,2D3;. The number of rotatable bonds is 7. The smallest absolute Gasteiger partial charge is 0.661 e. The van der Waals surface area contributed by atoms with E-state index in [4.69, 9.17) is 18.0 Å². The van der Waals surface area contributed by atoms with Gasteiger partial charge in [0.1, 0.15) is 5.58 Å². The average Bonchev–Trinajstić information content (AvgIpc) is 3.90. The van der Waals surface area contributed by atoms with Gasteiger partial charge in [-0.25, -0.2) is 0 Å². The Labute approximate surface area is 386 Å². The van der Waals surface area contributed by atoms with E-state index < -0.39 is 19.5 Å². The third-order valence-electron chi connectivity index (χ3n) is 11.2. The molecule has 1 unspecified atom stereocenters. The number of hydrogen-bond donors (Lipinski definition) is 0. The van der Waals surface area contributed by atoms with E-state index in [0.29, 0.717) is 5.56 Å². The topological polar surface area (TPSA) is 43.4 Å². The molecule has 0 saturated carbocycles. The summed E-state index contributed by atoms with van der Waals surface area (Å²) < 4.78 is 64.0. The molecule has 2 aromatic heterocycles. The Morgan fingerprint density at radius 3 is 2.05 bits per heavy atom. The van der Waals surface area contributed by atoms with Crippen LogP contribution in [0.4, 0.5) is 21.5 Å². The largest absolute Gasteiger partial charge is 3.00 e. The number of anilines is 2. The molecule has 308 valence electrons. The Morgan fingerprint density at radius 2 is 1.35 bits per heavy atom. The van der Waals surface area contributed by atoms with E-state index in [1.807, 2.05) is 18.2 Å². The molecular weight excluding hydrogens is 942 g/mol. The number of hydrogen-bond acceptors (Lipinski definition) is 3. The third kappa shape index (κ3) is 8.21. The van der Waals surface area contributed by atoms with Crippen LogP contribution in [0.15, 0.2) is 162 Å². The Kier molecular flexibility index (Phi) is 10.2. The number of pyridine rings is 1. The normalized spacial score (nSPS) is 15.0. The summed E-state index contributed by atoms with van der Waals surface area (Å²) in [5.74, 6) is 0.0970. The molecule has 1 aliphatic heterocycles. The van der Waals surface area contributed by atoms with Crippen molar-refractivity contribution in [3.63, 3.8) is 0 Å². The van der Waals surface area contributed by atoms with Gasteiger partial charge in [-0.05, 0) is 101 Å². The molecule has 0 fully saturated rings. The Bertz CT molecular complexity index is 3190. The van der Waals surface area contributed by atoms with Gasteiger partial charge in [-0.1, -0.05) is 136 Å². The summed E-state index contributed by atoms with van der Waals surface area (Å²) in [6.45, 7) is 4.04. The van der Waals surface area contributed by atoms with Gasteiger partial charge in [0.15, 0.2) is 0 Å². The van der Waals surface area contributed by atoms with E-state index in [1.165, 1.54) is 57.3 Å². The first-order valence-electron chi connectivity index (χ1n) is 23.5. The van der Waals surface area contributed by atoms with Gasteiger partial charge in [-0.2, -0.15) is 18.2 Å². The quantitative estimate of drug-likeness (QED) is 0.149. The van der Waals surface area contributed by atoms with Crippen molar-refractivity contribution in [2.45, 2.75) is 59.4 Å². The second kappa shape index (κ2) is 17.9. The number of fused-ring (bicyclic) bond motifs is 4. The van der Waals surface area contributed by atoms with Crippen molar-refractivity contribution in [2.75, 3.05) is 4.90 Å². The molecule has 0 aliphatic carbocycles. The van der Waals surface area contributed by atoms with Crippen LogP contribution >= 0.6 is 0 Å². The SMILES string of the molecule is CC(C)c1cc(-c2ccc(-c3ccccc3)cc2)cc(C(C)C)c1N1c2ccccc2[N-]C1c1[c-]ccc2c1oc1ccccc12.[2H]C([2H])([2H])c1cnc(-c2[c-]cc(F)cc2)cc1C([2H])([2H])[2H].[Ir+3]. The molecule has 1 aliphatic rings. The first kappa shape index (κ1) is 35.3. The predicted octanol–water partition coefficient (Wildman–Crippen LogP) is 16.1. The van der Waals surface area contributed by atoms with E-state index >= 15 is 0 Å². The summed E-state index contributed by atoms with van der Waals surface area (Å²) in [5, 5.41) is 7.56. The minimum Gasteiger partial charge on any atom is -0.661 e. The minimum absolute atomic E-state index is 0. The number of halogens is 1. The summed E-state index contributed by atoms with van der Waals surface area (Å²) >= 11 is 0. The molecule has 62 heavy (non-hydrogen) atoms. The number of aromatic nitrogens is 1. The first-order valence-corrected chi connectivity index (χ1v) is 20.5. The van der Waals surface area contributed by atoms with Gasteiger partial charge in [0.05, 0.1) is 0 Å². The van der Waals surface area contributed by atoms with Crippen LogP contribution in [0.2, 0.25) is 0 Å². The van der Waals surface area contributed by atoms with Gasteiger partial charge >= 0.3 is 20.1 Å². The minimum atomic E-state index is -2.58. The van der Waals surface area contributed by atoms with Gasteiger partial charge in [0.2, 0.25) is 0 Å². The maximum absolute atomic E-state index is 12.9. The molecule has 10 rings (SSSR count). The average molecular weight is 995 g/mol. The zero-order chi connectivity index (χ0) is 47.2. The van der Waals surface area contributed by atoms with Crippen LogP contribution in [0.25, 0.3) is 60.8 Å². The van der Waals surface area contributed by atoms with Crippen LogP contribution < -0.4 is 4.90 Å². The van der Waals surface area contributed by atoms with Crippen LogP contribution in [0.1, 0.15) is 81.7 Å². The summed E-state index contributed by atoms with van der Waals surface area (Å²) in [4.78, 5) is 6.40. The molecule has 1 atom stereocenters. The second-order valence-corrected chi connectivity index (χ2v) is 15.9. The van der Waals surface area contributed by atoms with Gasteiger partial charge in [0, 0.05) is 42.6 Å². The fourth-order valence-corrected chi connectivity index (χ4v) is 8.10. The molecule has 7 aromatic carbocycles. The molecule has 9 aromatic rings. The van der Waals surface area contributed by atoms with Crippen LogP contribution in [0.5, 0.6) is 0 Å². The molecule has 0 spiro atoms. The van der Waals surface area contributed by atoms with Crippen LogP contribution in [0, 0.1) is 31.7 Å². The van der Waals surface area contributed by atoms with Crippen LogP contribution in [0.3, 0.4) is 0 Å². The summed E-state index contributed by atoms with van der Waals surface area (Å²) in [5.41, 5.74) is 13.6. The summed E-state index contributed by atoms with van der Waals surface area (Å²) in [7, 11) is 0. The molecule has 0 amide bonds. The summed E-state index contributed by atoms with van der Waals surface area (Å²) in [6, 6.07) is 56.3. The van der Waals surface area contributed by atoms with Crippen molar-refractivity contribution in [3.05, 3.63) is 209 Å². The number of aryl methyl sites for hydroxylation is 2. The number of nitrogens with zero attached hydrogens (tertiary/aromatic N) is 3. The fourth-order valence-electron chi connectivity index (χ4n) is 8.10. The maximum Gasteiger partial charge on any atom is 3.00 e. The monoisotopic (exact) mass is 995 g/mol. The number of furan rings is 1. The van der Waals surface area contributed by atoms with Crippen LogP contribution in [-0.4, -0.2) is 4.98 Å². The Hall–Kier alpha value is -6.33. The molecule has 0 bridgehead atoms. The van der Waals surface area contributed by atoms with E-state index in [1.54, 1.807) is 0 Å². The van der Waals surface area contributed by atoms with E-state index in [0.717, 1.165) is 51.1 Å². The molecular formula is C56H47FIrN3O. The third-order valence-corrected chi connectivity index (χ3v) is 11.2. The number of para-hydroxylation sites is 3. The van der Waals surface area contributed by atoms with Gasteiger partial charge in [-0.3, -0.25) is 4.39 Å². The van der Waals surface area contributed by atoms with E-state index in [-0.39, 0.29) is 54.9 Å². The van der Waals surface area contributed by atoms with Crippen molar-refractivity contribution in [3.8, 4) is 33.5 Å². The van der Waals surface area contributed by atoms with E-state index in [2.05, 4.69) is 159 Å². The van der Waals surface area contributed by atoms with Crippen molar-refractivity contribution >= 4 is 39.0 Å². The van der Waals surface area contributed by atoms with E-state index in [9.17, 15) is 4.39 Å². The molecule has 6 heteroatoms. The Balaban J connectivity index is 0.000000240. The zero-order valence-electron chi connectivity index (χ0n) is 40.7. The molecule has 0 N–H and O–H groups in total. The first-order chi connectivity index (χ1) is 32.1. The van der Waals surface area contributed by atoms with Crippen molar-refractivity contribution in [1.82, 2.24) is 4.98 Å². The predicted molar refractivity (Wildman–Crippen MR) is 250 cm³/mol. The van der Waals surface area contributed by atoms with Gasteiger partial charge < -0.3 is 19.6 Å². The number of benzene rings is 7. The van der Waals surface area contributed by atoms with Crippen LogP contribution in [-0.2, 0) is 20.1 Å². The van der Waals surface area contributed by atoms with Crippen molar-refractivity contribution < 1.29 is 37.1 Å². The zero-order valence-corrected chi connectivity index (χ0v) is 37.1. The second-order valence-electron chi connectivity index (χ2n) is 15.9. The molecule has 0 saturated heterocycles. The Morgan fingerprint density at radius 1 is 0.694 bits per heavy atom. The van der Waals surface area contributed by atoms with Gasteiger partial charge in [-0.15, -0.1) is 41.1 Å². The van der Waals surface area contributed by atoms with Gasteiger partial charge in [0.25, 0.3) is 0 Å². The summed E-state index contributed by atoms with van der Waals surface area (Å²) in [6.07, 6.45) is 0.717. The molecule has 0 radical (unpaired) electrons. The molecule has 4 nitrogen and oxygen atoms in total. The fraction of sp³-hybridized carbons (Fsp3) is 0.161. The van der Waals surface area contributed by atoms with Crippen molar-refractivity contribution in [1.29, 1.82) is 0 Å². The van der Waals surface area contributed by atoms with Crippen molar-refractivity contribution in [2.24, 2.45) is 0 Å². The maximum atomic E-state index is 12.9. The molecule has 3 heterocycles.